The van der Waals surface area contributed by atoms with Crippen LogP contribution in [0.25, 0.3) is 0 Å². The number of unbranched alkanes of at least 4 members (excludes halogenated alkanes) is 9. The lowest BCUT2D eigenvalue weighted by Gasteiger charge is -2.13. The van der Waals surface area contributed by atoms with E-state index in [2.05, 4.69) is 22.7 Å². The summed E-state index contributed by atoms with van der Waals surface area (Å²) in [5.41, 5.74) is 5.84. The van der Waals surface area contributed by atoms with E-state index in [0.29, 0.717) is 0 Å². The quantitative estimate of drug-likeness (QED) is 0.307. The number of thiazole rings is 1. The van der Waals surface area contributed by atoms with Crippen molar-refractivity contribution in [1.29, 1.82) is 0 Å². The Bertz CT molecular complexity index is 301. The Morgan fingerprint density at radius 1 is 1.05 bits per heavy atom. The summed E-state index contributed by atoms with van der Waals surface area (Å²) in [6.45, 7) is 2.27. The van der Waals surface area contributed by atoms with Gasteiger partial charge in [0.25, 0.3) is 0 Å². The van der Waals surface area contributed by atoms with E-state index in [1.54, 1.807) is 11.3 Å². The molecule has 0 fully saturated rings. The predicted molar refractivity (Wildman–Crippen MR) is 88.6 cm³/mol. The van der Waals surface area contributed by atoms with Gasteiger partial charge in [0.05, 0.1) is 17.2 Å². The molecule has 1 aromatic rings. The minimum Gasteiger partial charge on any atom is -0.271 e. The van der Waals surface area contributed by atoms with Crippen LogP contribution < -0.4 is 11.3 Å². The molecule has 3 nitrogen and oxygen atoms in total. The molecule has 0 aliphatic heterocycles. The van der Waals surface area contributed by atoms with Gasteiger partial charge in [-0.3, -0.25) is 11.3 Å². The minimum atomic E-state index is 0.232. The molecule has 0 amide bonds. The molecule has 116 valence electrons. The molecule has 1 unspecified atom stereocenters. The second-order valence-electron chi connectivity index (χ2n) is 5.60. The maximum absolute atomic E-state index is 5.60. The van der Waals surface area contributed by atoms with Crippen LogP contribution in [-0.2, 0) is 0 Å². The van der Waals surface area contributed by atoms with Crippen LogP contribution in [0.1, 0.15) is 89.3 Å². The van der Waals surface area contributed by atoms with Crippen molar-refractivity contribution in [2.45, 2.75) is 83.6 Å². The van der Waals surface area contributed by atoms with Crippen molar-refractivity contribution < 1.29 is 0 Å². The van der Waals surface area contributed by atoms with Gasteiger partial charge in [-0.1, -0.05) is 71.1 Å². The van der Waals surface area contributed by atoms with E-state index < -0.39 is 0 Å². The van der Waals surface area contributed by atoms with Crippen molar-refractivity contribution in [1.82, 2.24) is 10.4 Å². The standard InChI is InChI=1S/C16H31N3S/c1-2-3-4-5-6-7-8-9-10-11-12-15(19-17)16-13-20-14-18-16/h13-15,19H,2-12,17H2,1H3. The van der Waals surface area contributed by atoms with E-state index in [-0.39, 0.29) is 6.04 Å². The first kappa shape index (κ1) is 17.6. The van der Waals surface area contributed by atoms with E-state index in [0.717, 1.165) is 12.1 Å². The zero-order chi connectivity index (χ0) is 14.5. The predicted octanol–water partition coefficient (Wildman–Crippen LogP) is 4.96. The first-order chi connectivity index (χ1) is 9.88. The third-order valence-corrected chi connectivity index (χ3v) is 4.46. The number of nitrogens with two attached hydrogens (primary N) is 1. The molecule has 20 heavy (non-hydrogen) atoms. The Balaban J connectivity index is 1.91. The maximum Gasteiger partial charge on any atom is 0.0795 e. The molecule has 1 heterocycles. The van der Waals surface area contributed by atoms with Gasteiger partial charge in [-0.15, -0.1) is 11.3 Å². The Labute approximate surface area is 128 Å². The molecule has 0 aliphatic rings. The average Bonchev–Trinajstić information content (AvgIpc) is 2.99. The second kappa shape index (κ2) is 12.3. The van der Waals surface area contributed by atoms with Crippen LogP contribution in [0.15, 0.2) is 10.9 Å². The Morgan fingerprint density at radius 3 is 2.15 bits per heavy atom. The van der Waals surface area contributed by atoms with Gasteiger partial charge in [0.15, 0.2) is 0 Å². The number of hydrogen-bond acceptors (Lipinski definition) is 4. The van der Waals surface area contributed by atoms with E-state index in [1.165, 1.54) is 64.2 Å². The molecule has 1 rings (SSSR count). The molecule has 0 saturated carbocycles. The van der Waals surface area contributed by atoms with Crippen molar-refractivity contribution in [3.63, 3.8) is 0 Å². The van der Waals surface area contributed by atoms with Crippen molar-refractivity contribution in [3.05, 3.63) is 16.6 Å². The van der Waals surface area contributed by atoms with Crippen LogP contribution in [-0.4, -0.2) is 4.98 Å². The highest BCUT2D eigenvalue weighted by Crippen LogP contribution is 2.19. The number of nitrogens with one attached hydrogen (secondary N) is 1. The van der Waals surface area contributed by atoms with Gasteiger partial charge in [-0.05, 0) is 6.42 Å². The fourth-order valence-corrected chi connectivity index (χ4v) is 3.15. The van der Waals surface area contributed by atoms with Crippen LogP contribution in [0.4, 0.5) is 0 Å². The van der Waals surface area contributed by atoms with Crippen LogP contribution in [0.2, 0.25) is 0 Å². The number of hydrazine groups is 1. The highest BCUT2D eigenvalue weighted by molar-refractivity contribution is 7.07. The van der Waals surface area contributed by atoms with Crippen LogP contribution in [0.3, 0.4) is 0 Å². The molecule has 0 bridgehead atoms. The Kier molecular flexibility index (Phi) is 10.8. The van der Waals surface area contributed by atoms with Crippen molar-refractivity contribution in [2.24, 2.45) is 5.84 Å². The van der Waals surface area contributed by atoms with Gasteiger partial charge >= 0.3 is 0 Å². The molecular weight excluding hydrogens is 266 g/mol. The highest BCUT2D eigenvalue weighted by atomic mass is 32.1. The monoisotopic (exact) mass is 297 g/mol. The molecule has 0 aromatic carbocycles. The van der Waals surface area contributed by atoms with E-state index >= 15 is 0 Å². The zero-order valence-corrected chi connectivity index (χ0v) is 13.8. The molecule has 0 spiro atoms. The molecule has 0 radical (unpaired) electrons. The summed E-state index contributed by atoms with van der Waals surface area (Å²) in [6.07, 6.45) is 14.8. The van der Waals surface area contributed by atoms with E-state index in [4.69, 9.17) is 5.84 Å². The van der Waals surface area contributed by atoms with Gasteiger partial charge in [0.1, 0.15) is 0 Å². The SMILES string of the molecule is CCCCCCCCCCCCC(NN)c1cscn1. The topological polar surface area (TPSA) is 50.9 Å². The lowest BCUT2D eigenvalue weighted by Crippen LogP contribution is -2.28. The minimum absolute atomic E-state index is 0.232. The summed E-state index contributed by atoms with van der Waals surface area (Å²) in [7, 11) is 0. The number of aromatic nitrogens is 1. The first-order valence-electron chi connectivity index (χ1n) is 8.22. The molecule has 1 atom stereocenters. The average molecular weight is 298 g/mol. The van der Waals surface area contributed by atoms with E-state index in [9.17, 15) is 0 Å². The van der Waals surface area contributed by atoms with Crippen molar-refractivity contribution in [2.75, 3.05) is 0 Å². The van der Waals surface area contributed by atoms with Crippen LogP contribution in [0.5, 0.6) is 0 Å². The number of rotatable bonds is 13. The third-order valence-electron chi connectivity index (χ3n) is 3.86. The van der Waals surface area contributed by atoms with Gasteiger partial charge in [-0.25, -0.2) is 4.98 Å². The van der Waals surface area contributed by atoms with Gasteiger partial charge < -0.3 is 0 Å². The normalized spacial score (nSPS) is 12.7. The highest BCUT2D eigenvalue weighted by Gasteiger charge is 2.10. The number of nitrogens with zero attached hydrogens (tertiary/aromatic N) is 1. The van der Waals surface area contributed by atoms with Gasteiger partial charge in [0, 0.05) is 5.38 Å². The summed E-state index contributed by atoms with van der Waals surface area (Å²) in [4.78, 5) is 4.33. The zero-order valence-electron chi connectivity index (χ0n) is 12.9. The molecule has 1 aromatic heterocycles. The second-order valence-corrected chi connectivity index (χ2v) is 6.32. The largest absolute Gasteiger partial charge is 0.271 e. The Hall–Kier alpha value is -0.450. The van der Waals surface area contributed by atoms with Crippen molar-refractivity contribution >= 4 is 11.3 Å². The summed E-state index contributed by atoms with van der Waals surface area (Å²) in [5, 5.41) is 2.08. The van der Waals surface area contributed by atoms with E-state index in [1.807, 2.05) is 5.51 Å². The summed E-state index contributed by atoms with van der Waals surface area (Å²) in [5.74, 6) is 5.60. The van der Waals surface area contributed by atoms with Crippen LogP contribution >= 0.6 is 11.3 Å². The maximum atomic E-state index is 5.60. The summed E-state index contributed by atoms with van der Waals surface area (Å²) < 4.78 is 0. The summed E-state index contributed by atoms with van der Waals surface area (Å²) in [6, 6.07) is 0.232. The Morgan fingerprint density at radius 2 is 1.65 bits per heavy atom. The third kappa shape index (κ3) is 7.98. The van der Waals surface area contributed by atoms with Gasteiger partial charge in [-0.2, -0.15) is 0 Å². The molecule has 0 saturated heterocycles. The molecule has 4 heteroatoms. The van der Waals surface area contributed by atoms with Gasteiger partial charge in [0.2, 0.25) is 0 Å². The molecular formula is C16H31N3S. The first-order valence-corrected chi connectivity index (χ1v) is 9.17. The fourth-order valence-electron chi connectivity index (χ4n) is 2.55. The molecule has 0 aliphatic carbocycles. The summed E-state index contributed by atoms with van der Waals surface area (Å²) >= 11 is 1.63. The lowest BCUT2D eigenvalue weighted by atomic mass is 10.0. The smallest absolute Gasteiger partial charge is 0.0795 e. The lowest BCUT2D eigenvalue weighted by molar-refractivity contribution is 0.467. The van der Waals surface area contributed by atoms with Crippen molar-refractivity contribution in [3.8, 4) is 0 Å². The van der Waals surface area contributed by atoms with Crippen LogP contribution in [0, 0.1) is 0 Å². The molecule has 3 N–H and O–H groups in total. The fraction of sp³-hybridized carbons (Fsp3) is 0.812. The number of hydrogen-bond donors (Lipinski definition) is 2.